The summed E-state index contributed by atoms with van der Waals surface area (Å²) in [6.45, 7) is 0.361. The van der Waals surface area contributed by atoms with Gasteiger partial charge in [0.25, 0.3) is 5.56 Å². The van der Waals surface area contributed by atoms with E-state index in [0.717, 1.165) is 15.5 Å². The first-order chi connectivity index (χ1) is 12.9. The van der Waals surface area contributed by atoms with Gasteiger partial charge in [0, 0.05) is 17.3 Å². The Labute approximate surface area is 165 Å². The first kappa shape index (κ1) is 17.8. The van der Waals surface area contributed by atoms with Gasteiger partial charge >= 0.3 is 5.69 Å². The van der Waals surface area contributed by atoms with Crippen LogP contribution in [0.4, 0.5) is 4.39 Å². The summed E-state index contributed by atoms with van der Waals surface area (Å²) in [4.78, 5) is 34.3. The summed E-state index contributed by atoms with van der Waals surface area (Å²) in [7, 11) is 0. The molecule has 1 aromatic heterocycles. The lowest BCUT2D eigenvalue weighted by atomic mass is 10.2. The number of pyridine rings is 1. The van der Waals surface area contributed by atoms with Crippen LogP contribution in [0.25, 0.3) is 17.1 Å². The molecule has 0 atom stereocenters. The third-order valence-electron chi connectivity index (χ3n) is 3.88. The van der Waals surface area contributed by atoms with Gasteiger partial charge in [-0.15, -0.1) is 11.3 Å². The van der Waals surface area contributed by atoms with Gasteiger partial charge < -0.3 is 4.57 Å². The van der Waals surface area contributed by atoms with Crippen molar-refractivity contribution in [2.45, 2.75) is 6.54 Å². The minimum atomic E-state index is -0.780. The predicted molar refractivity (Wildman–Crippen MR) is 102 cm³/mol. The maximum Gasteiger partial charge on any atom is 0.357 e. The van der Waals surface area contributed by atoms with Crippen LogP contribution in [0, 0.1) is 5.82 Å². The van der Waals surface area contributed by atoms with E-state index in [0.29, 0.717) is 11.0 Å². The van der Waals surface area contributed by atoms with Gasteiger partial charge in [-0.05, 0) is 30.3 Å². The van der Waals surface area contributed by atoms with Crippen molar-refractivity contribution < 1.29 is 4.39 Å². The highest BCUT2D eigenvalue weighted by atomic mass is 35.5. The van der Waals surface area contributed by atoms with Crippen LogP contribution in [0.15, 0.2) is 52.3 Å². The molecular formula is C17H9Cl2FN4O2S. The van der Waals surface area contributed by atoms with E-state index in [4.69, 9.17) is 23.2 Å². The lowest BCUT2D eigenvalue weighted by Gasteiger charge is -2.14. The monoisotopic (exact) mass is 422 g/mol. The van der Waals surface area contributed by atoms with Crippen LogP contribution in [0.3, 0.4) is 0 Å². The molecule has 2 aliphatic heterocycles. The van der Waals surface area contributed by atoms with Crippen molar-refractivity contribution in [3.05, 3.63) is 83.7 Å². The van der Waals surface area contributed by atoms with E-state index >= 15 is 0 Å². The molecule has 0 unspecified atom stereocenters. The van der Waals surface area contributed by atoms with E-state index in [9.17, 15) is 14.0 Å². The van der Waals surface area contributed by atoms with Gasteiger partial charge in [-0.2, -0.15) is 4.98 Å². The van der Waals surface area contributed by atoms with Gasteiger partial charge in [0.15, 0.2) is 10.3 Å². The van der Waals surface area contributed by atoms with E-state index in [1.807, 2.05) is 0 Å². The molecule has 4 rings (SSSR count). The van der Waals surface area contributed by atoms with Crippen molar-refractivity contribution >= 4 is 34.5 Å². The first-order valence-corrected chi connectivity index (χ1v) is 9.19. The zero-order valence-corrected chi connectivity index (χ0v) is 15.7. The van der Waals surface area contributed by atoms with E-state index in [1.54, 1.807) is 29.1 Å². The molecule has 0 N–H and O–H groups in total. The molecule has 0 radical (unpaired) electrons. The summed E-state index contributed by atoms with van der Waals surface area (Å²) in [5.41, 5.74) is -0.953. The maximum atomic E-state index is 13.4. The van der Waals surface area contributed by atoms with Crippen LogP contribution >= 0.6 is 34.5 Å². The number of rotatable bonds is 3. The minimum absolute atomic E-state index is 0.149. The Bertz CT molecular complexity index is 1250. The van der Waals surface area contributed by atoms with Crippen molar-refractivity contribution in [2.24, 2.45) is 0 Å². The summed E-state index contributed by atoms with van der Waals surface area (Å²) in [6.07, 6.45) is 3.33. The molecule has 10 heteroatoms. The van der Waals surface area contributed by atoms with Gasteiger partial charge in [0.2, 0.25) is 0 Å². The number of halogens is 3. The molecule has 2 aromatic rings. The molecule has 0 fully saturated rings. The van der Waals surface area contributed by atoms with Crippen LogP contribution in [-0.2, 0) is 6.54 Å². The fraction of sp³-hybridized carbons (Fsp3) is 0.0588. The van der Waals surface area contributed by atoms with Crippen molar-refractivity contribution in [1.82, 2.24) is 19.1 Å². The summed E-state index contributed by atoms with van der Waals surface area (Å²) in [6, 6.07) is 6.85. The van der Waals surface area contributed by atoms with E-state index in [-0.39, 0.29) is 22.1 Å². The highest BCUT2D eigenvalue weighted by Gasteiger charge is 2.19. The molecule has 0 spiro atoms. The summed E-state index contributed by atoms with van der Waals surface area (Å²) in [5.74, 6) is -0.405. The predicted octanol–water partition coefficient (Wildman–Crippen LogP) is 3.45. The van der Waals surface area contributed by atoms with Gasteiger partial charge in [0.1, 0.15) is 5.82 Å². The van der Waals surface area contributed by atoms with Crippen molar-refractivity contribution in [1.29, 1.82) is 0 Å². The van der Waals surface area contributed by atoms with Crippen molar-refractivity contribution in [3.8, 4) is 17.1 Å². The highest BCUT2D eigenvalue weighted by Crippen LogP contribution is 2.22. The number of hydrogen-bond donors (Lipinski definition) is 0. The Hall–Kier alpha value is -2.55. The normalized spacial score (nSPS) is 11.2. The molecule has 0 saturated heterocycles. The number of fused-ring (bicyclic) bond motifs is 1. The molecule has 136 valence electrons. The molecule has 0 bridgehead atoms. The zero-order valence-electron chi connectivity index (χ0n) is 13.4. The van der Waals surface area contributed by atoms with E-state index < -0.39 is 17.1 Å². The summed E-state index contributed by atoms with van der Waals surface area (Å²) >= 11 is 12.9. The molecule has 2 aliphatic rings. The largest absolute Gasteiger partial charge is 0.357 e. The van der Waals surface area contributed by atoms with Crippen LogP contribution in [-0.4, -0.2) is 19.1 Å². The fourth-order valence-corrected chi connectivity index (χ4v) is 3.84. The van der Waals surface area contributed by atoms with Gasteiger partial charge in [-0.25, -0.2) is 18.7 Å². The molecule has 6 nitrogen and oxygen atoms in total. The molecule has 0 amide bonds. The molecule has 0 saturated carbocycles. The first-order valence-electron chi connectivity index (χ1n) is 7.62. The highest BCUT2D eigenvalue weighted by molar-refractivity contribution is 7.15. The van der Waals surface area contributed by atoms with Crippen LogP contribution in [0.1, 0.15) is 4.88 Å². The molecule has 27 heavy (non-hydrogen) atoms. The lowest BCUT2D eigenvalue weighted by Crippen LogP contribution is -2.36. The smallest absolute Gasteiger partial charge is 0.327 e. The maximum absolute atomic E-state index is 13.4. The number of nitrogens with zero attached hydrogens (tertiary/aromatic N) is 4. The van der Waals surface area contributed by atoms with Crippen molar-refractivity contribution in [3.63, 3.8) is 0 Å². The zero-order chi connectivity index (χ0) is 19.1. The van der Waals surface area contributed by atoms with Crippen LogP contribution in [0.2, 0.25) is 9.49 Å². The molecule has 3 heterocycles. The van der Waals surface area contributed by atoms with Crippen LogP contribution in [0.5, 0.6) is 0 Å². The van der Waals surface area contributed by atoms with Crippen LogP contribution < -0.4 is 11.2 Å². The average molecular weight is 423 g/mol. The number of benzene rings is 1. The topological polar surface area (TPSA) is 69.8 Å². The number of aromatic nitrogens is 4. The Morgan fingerprint density at radius 2 is 2.00 bits per heavy atom. The standard InChI is InChI=1S/C17H9Cl2FN4O2S/c18-12-6-9(3-4-13(12)20)24-15(25)11-2-1-5-23(14(11)22-17(24)26)8-10-7-21-16(19)27-10/h1-7H,8H2. The quantitative estimate of drug-likeness (QED) is 0.506. The Morgan fingerprint density at radius 1 is 1.19 bits per heavy atom. The minimum Gasteiger partial charge on any atom is -0.327 e. The summed E-state index contributed by atoms with van der Waals surface area (Å²) < 4.78 is 16.3. The van der Waals surface area contributed by atoms with Gasteiger partial charge in [-0.1, -0.05) is 23.2 Å². The SMILES string of the molecule is O=c1nc2n(Cc3cnc(Cl)s3)cccc-2c(=O)n1-c1ccc(F)c(Cl)c1. The fourth-order valence-electron chi connectivity index (χ4n) is 2.69. The molecule has 1 aromatic carbocycles. The molecular weight excluding hydrogens is 414 g/mol. The van der Waals surface area contributed by atoms with Crippen molar-refractivity contribution in [2.75, 3.05) is 0 Å². The third kappa shape index (κ3) is 3.27. The Balaban J connectivity index is 1.89. The second-order valence-electron chi connectivity index (χ2n) is 5.59. The van der Waals surface area contributed by atoms with Gasteiger partial charge in [-0.3, -0.25) is 4.79 Å². The lowest BCUT2D eigenvalue weighted by molar-refractivity contribution is 0.627. The third-order valence-corrected chi connectivity index (χ3v) is 5.27. The Morgan fingerprint density at radius 3 is 2.70 bits per heavy atom. The Kier molecular flexibility index (Phi) is 4.55. The molecule has 0 aliphatic carbocycles. The van der Waals surface area contributed by atoms with E-state index in [1.165, 1.54) is 23.5 Å². The summed E-state index contributed by atoms with van der Waals surface area (Å²) in [5, 5.41) is -0.191. The number of thiazole rings is 1. The number of hydrogen-bond acceptors (Lipinski definition) is 5. The average Bonchev–Trinajstić information content (AvgIpc) is 3.04. The second kappa shape index (κ2) is 6.88. The second-order valence-corrected chi connectivity index (χ2v) is 7.69. The van der Waals surface area contributed by atoms with Gasteiger partial charge in [0.05, 0.1) is 22.8 Å². The van der Waals surface area contributed by atoms with E-state index in [2.05, 4.69) is 9.97 Å².